The summed E-state index contributed by atoms with van der Waals surface area (Å²) in [5.41, 5.74) is 4.50. The van der Waals surface area contributed by atoms with Crippen molar-refractivity contribution in [1.29, 1.82) is 0 Å². The van der Waals surface area contributed by atoms with Gasteiger partial charge in [-0.05, 0) is 0 Å². The standard InChI is InChI=1S/C16H39O3PSi4/c1-21(2,3)13-15(23(7,8)9)18-20(17)19-16(24(10,11)12)14-22(4,5)6/h13-14,20H,1-12H3/b15-13+,16-14+. The maximum absolute atomic E-state index is 12.7. The van der Waals surface area contributed by atoms with Crippen molar-refractivity contribution < 1.29 is 13.6 Å². The summed E-state index contributed by atoms with van der Waals surface area (Å²) in [7, 11) is -8.82. The Labute approximate surface area is 154 Å². The smallest absolute Gasteiger partial charge is 0.417 e. The summed E-state index contributed by atoms with van der Waals surface area (Å²) >= 11 is 0. The van der Waals surface area contributed by atoms with Crippen LogP contribution in [0.15, 0.2) is 22.2 Å². The van der Waals surface area contributed by atoms with Crippen LogP contribution in [0.1, 0.15) is 0 Å². The maximum atomic E-state index is 12.7. The van der Waals surface area contributed by atoms with Crippen LogP contribution in [0.2, 0.25) is 78.6 Å². The van der Waals surface area contributed by atoms with E-state index in [1.54, 1.807) is 0 Å². The van der Waals surface area contributed by atoms with Crippen LogP contribution >= 0.6 is 8.25 Å². The van der Waals surface area contributed by atoms with E-state index in [0.29, 0.717) is 0 Å². The van der Waals surface area contributed by atoms with Crippen molar-refractivity contribution in [1.82, 2.24) is 0 Å². The highest BCUT2D eigenvalue weighted by molar-refractivity contribution is 7.34. The minimum absolute atomic E-state index is 0.938. The molecule has 0 aromatic carbocycles. The second kappa shape index (κ2) is 8.25. The van der Waals surface area contributed by atoms with E-state index in [1.165, 1.54) is 0 Å². The van der Waals surface area contributed by atoms with E-state index >= 15 is 0 Å². The lowest BCUT2D eigenvalue weighted by molar-refractivity contribution is 0.337. The topological polar surface area (TPSA) is 35.5 Å². The van der Waals surface area contributed by atoms with Crippen LogP contribution in [0, 0.1) is 0 Å². The van der Waals surface area contributed by atoms with E-state index < -0.39 is 40.6 Å². The monoisotopic (exact) mass is 422 g/mol. The highest BCUT2D eigenvalue weighted by Crippen LogP contribution is 2.37. The third kappa shape index (κ3) is 10.9. The van der Waals surface area contributed by atoms with Gasteiger partial charge in [0.25, 0.3) is 0 Å². The first kappa shape index (κ1) is 24.2. The van der Waals surface area contributed by atoms with Gasteiger partial charge in [0, 0.05) is 0 Å². The summed E-state index contributed by atoms with van der Waals surface area (Å²) in [6.45, 7) is 27.0. The van der Waals surface area contributed by atoms with Gasteiger partial charge in [-0.3, -0.25) is 0 Å². The molecule has 0 radical (unpaired) electrons. The average Bonchev–Trinajstić information content (AvgIpc) is 2.20. The molecular formula is C16H39O3PSi4. The molecule has 0 atom stereocenters. The van der Waals surface area contributed by atoms with Crippen molar-refractivity contribution in [3.8, 4) is 0 Å². The molecule has 0 aromatic rings. The van der Waals surface area contributed by atoms with Gasteiger partial charge in [0.2, 0.25) is 0 Å². The predicted octanol–water partition coefficient (Wildman–Crippen LogP) is 6.69. The zero-order valence-electron chi connectivity index (χ0n) is 17.9. The quantitative estimate of drug-likeness (QED) is 0.248. The van der Waals surface area contributed by atoms with Crippen molar-refractivity contribution in [2.45, 2.75) is 78.6 Å². The normalized spacial score (nSPS) is 15.7. The molecule has 0 aromatic heterocycles. The molecule has 0 aliphatic heterocycles. The predicted molar refractivity (Wildman–Crippen MR) is 121 cm³/mol. The van der Waals surface area contributed by atoms with Gasteiger partial charge in [-0.25, -0.2) is 4.57 Å². The molecule has 0 rings (SSSR count). The lowest BCUT2D eigenvalue weighted by Gasteiger charge is -2.27. The minimum Gasteiger partial charge on any atom is -0.429 e. The van der Waals surface area contributed by atoms with E-state index in [0.717, 1.165) is 10.8 Å². The van der Waals surface area contributed by atoms with Gasteiger partial charge in [-0.2, -0.15) is 0 Å². The summed E-state index contributed by atoms with van der Waals surface area (Å²) in [5, 5.41) is 1.88. The van der Waals surface area contributed by atoms with Crippen molar-refractivity contribution in [3.05, 3.63) is 22.2 Å². The molecule has 0 aliphatic carbocycles. The first-order chi connectivity index (χ1) is 10.3. The Morgan fingerprint density at radius 2 is 0.875 bits per heavy atom. The largest absolute Gasteiger partial charge is 0.429 e. The average molecular weight is 423 g/mol. The van der Waals surface area contributed by atoms with Crippen molar-refractivity contribution in [3.63, 3.8) is 0 Å². The first-order valence-corrected chi connectivity index (χ1v) is 24.1. The molecule has 0 saturated carbocycles. The Hall–Kier alpha value is 0.178. The van der Waals surface area contributed by atoms with Crippen molar-refractivity contribution in [2.75, 3.05) is 0 Å². The highest BCUT2D eigenvalue weighted by atomic mass is 31.1. The van der Waals surface area contributed by atoms with Crippen LogP contribution in [-0.2, 0) is 13.6 Å². The zero-order valence-corrected chi connectivity index (χ0v) is 22.9. The van der Waals surface area contributed by atoms with Gasteiger partial charge >= 0.3 is 8.25 Å². The summed E-state index contributed by atoms with van der Waals surface area (Å²) < 4.78 is 24.5. The fourth-order valence-electron chi connectivity index (χ4n) is 1.79. The Bertz CT molecular complexity index is 469. The van der Waals surface area contributed by atoms with E-state index in [2.05, 4.69) is 90.0 Å². The van der Waals surface area contributed by atoms with Crippen LogP contribution in [0.3, 0.4) is 0 Å². The van der Waals surface area contributed by atoms with E-state index in [9.17, 15) is 4.57 Å². The van der Waals surface area contributed by atoms with Crippen molar-refractivity contribution in [2.24, 2.45) is 0 Å². The SMILES string of the molecule is C[Si](C)(C)/C=C(\O[PH](=O)O/C(=C\[Si](C)(C)C)[Si](C)(C)C)[Si](C)(C)C. The molecule has 0 heterocycles. The van der Waals surface area contributed by atoms with E-state index in [4.69, 9.17) is 9.05 Å². The zero-order chi connectivity index (χ0) is 19.6. The van der Waals surface area contributed by atoms with Crippen molar-refractivity contribution >= 4 is 40.6 Å². The highest BCUT2D eigenvalue weighted by Gasteiger charge is 2.30. The molecule has 0 aliphatic rings. The summed E-state index contributed by atoms with van der Waals surface area (Å²) in [6, 6.07) is 0. The molecular weight excluding hydrogens is 383 g/mol. The van der Waals surface area contributed by atoms with E-state index in [-0.39, 0.29) is 0 Å². The van der Waals surface area contributed by atoms with Gasteiger partial charge in [-0.15, -0.1) is 0 Å². The molecule has 0 spiro atoms. The lowest BCUT2D eigenvalue weighted by Crippen LogP contribution is -2.30. The molecule has 0 bridgehead atoms. The Morgan fingerprint density at radius 1 is 0.625 bits per heavy atom. The second-order valence-corrected chi connectivity index (χ2v) is 31.6. The van der Waals surface area contributed by atoms with Crippen LogP contribution in [0.25, 0.3) is 0 Å². The molecule has 0 saturated heterocycles. The maximum Gasteiger partial charge on any atom is 0.417 e. The molecule has 0 fully saturated rings. The molecule has 24 heavy (non-hydrogen) atoms. The number of hydrogen-bond acceptors (Lipinski definition) is 3. The van der Waals surface area contributed by atoms with Gasteiger partial charge in [0.15, 0.2) is 0 Å². The summed E-state index contributed by atoms with van der Waals surface area (Å²) in [4.78, 5) is 0. The summed E-state index contributed by atoms with van der Waals surface area (Å²) in [5.74, 6) is 0. The molecule has 8 heteroatoms. The van der Waals surface area contributed by atoms with Gasteiger partial charge in [0.05, 0.1) is 26.9 Å². The Morgan fingerprint density at radius 3 is 1.04 bits per heavy atom. The fourth-order valence-corrected chi connectivity index (χ4v) is 13.2. The third-order valence-electron chi connectivity index (χ3n) is 2.99. The molecule has 0 N–H and O–H groups in total. The van der Waals surface area contributed by atoms with E-state index in [1.807, 2.05) is 0 Å². The van der Waals surface area contributed by atoms with Crippen LogP contribution < -0.4 is 0 Å². The lowest BCUT2D eigenvalue weighted by atomic mass is 11.1. The summed E-state index contributed by atoms with van der Waals surface area (Å²) in [6.07, 6.45) is 0. The van der Waals surface area contributed by atoms with Gasteiger partial charge in [-0.1, -0.05) is 90.0 Å². The number of hydrogen-bond donors (Lipinski definition) is 0. The molecule has 142 valence electrons. The Kier molecular flexibility index (Phi) is 8.31. The second-order valence-electron chi connectivity index (χ2n) is 10.7. The fraction of sp³-hybridized carbons (Fsp3) is 0.750. The molecule has 0 amide bonds. The first-order valence-electron chi connectivity index (χ1n) is 8.68. The van der Waals surface area contributed by atoms with Crippen LogP contribution in [0.5, 0.6) is 0 Å². The molecule has 0 unspecified atom stereocenters. The third-order valence-corrected chi connectivity index (χ3v) is 10.5. The molecule has 3 nitrogen and oxygen atoms in total. The minimum atomic E-state index is -2.57. The van der Waals surface area contributed by atoms with Gasteiger partial charge in [0.1, 0.15) is 16.1 Å². The van der Waals surface area contributed by atoms with Gasteiger partial charge < -0.3 is 9.05 Å². The van der Waals surface area contributed by atoms with Crippen LogP contribution in [-0.4, -0.2) is 32.3 Å². The Balaban J connectivity index is 5.48. The van der Waals surface area contributed by atoms with Crippen LogP contribution in [0.4, 0.5) is 0 Å². The number of rotatable bonds is 8.